The Bertz CT molecular complexity index is 611. The summed E-state index contributed by atoms with van der Waals surface area (Å²) in [6.45, 7) is 3.19. The standard InChI is InChI=1S/C11H13N5O2/c1-6(17)8-4-9(16(3)5-8)10(18)13-11-12-7(2)14-15-11/h4-5H,1-3H3,(H2,12,13,14,15,18). The number of H-pyrrole nitrogens is 1. The molecule has 2 aromatic rings. The molecule has 94 valence electrons. The highest BCUT2D eigenvalue weighted by molar-refractivity contribution is 6.04. The maximum absolute atomic E-state index is 11.9. The summed E-state index contributed by atoms with van der Waals surface area (Å²) in [6.07, 6.45) is 1.61. The van der Waals surface area contributed by atoms with Crippen LogP contribution in [0.4, 0.5) is 5.95 Å². The Morgan fingerprint density at radius 2 is 2.17 bits per heavy atom. The van der Waals surface area contributed by atoms with E-state index in [1.165, 1.54) is 13.0 Å². The molecule has 2 heterocycles. The highest BCUT2D eigenvalue weighted by atomic mass is 16.2. The van der Waals surface area contributed by atoms with Gasteiger partial charge in [-0.25, -0.2) is 0 Å². The quantitative estimate of drug-likeness (QED) is 0.788. The Morgan fingerprint density at radius 1 is 1.44 bits per heavy atom. The van der Waals surface area contributed by atoms with Crippen LogP contribution in [0.3, 0.4) is 0 Å². The number of aryl methyl sites for hydroxylation is 2. The van der Waals surface area contributed by atoms with Crippen molar-refractivity contribution in [2.45, 2.75) is 13.8 Å². The first-order valence-corrected chi connectivity index (χ1v) is 5.35. The zero-order valence-corrected chi connectivity index (χ0v) is 10.3. The van der Waals surface area contributed by atoms with Crippen molar-refractivity contribution in [1.29, 1.82) is 0 Å². The smallest absolute Gasteiger partial charge is 0.274 e. The minimum absolute atomic E-state index is 0.0848. The Balaban J connectivity index is 2.21. The van der Waals surface area contributed by atoms with Gasteiger partial charge in [0.15, 0.2) is 5.78 Å². The van der Waals surface area contributed by atoms with Crippen molar-refractivity contribution < 1.29 is 9.59 Å². The number of hydrogen-bond acceptors (Lipinski definition) is 4. The number of amides is 1. The zero-order valence-electron chi connectivity index (χ0n) is 10.3. The molecule has 0 aromatic carbocycles. The van der Waals surface area contributed by atoms with Gasteiger partial charge in [0, 0.05) is 18.8 Å². The fraction of sp³-hybridized carbons (Fsp3) is 0.273. The van der Waals surface area contributed by atoms with Crippen molar-refractivity contribution in [3.8, 4) is 0 Å². The molecule has 2 aromatic heterocycles. The molecular formula is C11H13N5O2. The van der Waals surface area contributed by atoms with E-state index < -0.39 is 0 Å². The molecule has 1 amide bonds. The number of rotatable bonds is 3. The van der Waals surface area contributed by atoms with E-state index in [2.05, 4.69) is 20.5 Å². The fourth-order valence-electron chi connectivity index (χ4n) is 1.55. The summed E-state index contributed by atoms with van der Waals surface area (Å²) in [5.41, 5.74) is 0.872. The molecule has 0 saturated heterocycles. The van der Waals surface area contributed by atoms with E-state index in [4.69, 9.17) is 0 Å². The maximum atomic E-state index is 11.9. The van der Waals surface area contributed by atoms with Crippen molar-refractivity contribution in [2.24, 2.45) is 7.05 Å². The van der Waals surface area contributed by atoms with Crippen LogP contribution in [-0.4, -0.2) is 31.4 Å². The zero-order chi connectivity index (χ0) is 13.3. The molecule has 0 aliphatic heterocycles. The topological polar surface area (TPSA) is 92.7 Å². The second kappa shape index (κ2) is 4.44. The number of aromatic nitrogens is 4. The van der Waals surface area contributed by atoms with Gasteiger partial charge in [-0.1, -0.05) is 0 Å². The molecule has 18 heavy (non-hydrogen) atoms. The van der Waals surface area contributed by atoms with E-state index in [0.717, 1.165) is 0 Å². The molecule has 0 atom stereocenters. The fourth-order valence-corrected chi connectivity index (χ4v) is 1.55. The normalized spacial score (nSPS) is 10.4. The van der Waals surface area contributed by atoms with Crippen LogP contribution in [-0.2, 0) is 7.05 Å². The third kappa shape index (κ3) is 2.29. The molecule has 2 rings (SSSR count). The van der Waals surface area contributed by atoms with Crippen LogP contribution in [0.1, 0.15) is 33.6 Å². The third-order valence-corrected chi connectivity index (χ3v) is 2.47. The molecule has 0 spiro atoms. The molecule has 7 heteroatoms. The summed E-state index contributed by atoms with van der Waals surface area (Å²) in [7, 11) is 1.70. The number of carbonyl (C=O) groups is 2. The summed E-state index contributed by atoms with van der Waals surface area (Å²) in [5.74, 6) is 0.382. The van der Waals surface area contributed by atoms with Crippen molar-refractivity contribution in [3.63, 3.8) is 0 Å². The number of anilines is 1. The Hall–Kier alpha value is -2.44. The van der Waals surface area contributed by atoms with Gasteiger partial charge in [0.05, 0.1) is 0 Å². The minimum Gasteiger partial charge on any atom is -0.346 e. The molecule has 0 unspecified atom stereocenters. The van der Waals surface area contributed by atoms with Crippen LogP contribution < -0.4 is 5.32 Å². The van der Waals surface area contributed by atoms with E-state index in [1.54, 1.807) is 24.7 Å². The number of aromatic amines is 1. The molecule has 0 radical (unpaired) electrons. The molecule has 2 N–H and O–H groups in total. The molecule has 0 bridgehead atoms. The molecule has 7 nitrogen and oxygen atoms in total. The van der Waals surface area contributed by atoms with E-state index in [9.17, 15) is 9.59 Å². The summed E-state index contributed by atoms with van der Waals surface area (Å²) in [4.78, 5) is 27.1. The van der Waals surface area contributed by atoms with Crippen LogP contribution in [0.25, 0.3) is 0 Å². The van der Waals surface area contributed by atoms with Gasteiger partial charge in [0.25, 0.3) is 5.91 Å². The number of nitrogens with one attached hydrogen (secondary N) is 2. The van der Waals surface area contributed by atoms with Crippen LogP contribution in [0.2, 0.25) is 0 Å². The first-order chi connectivity index (χ1) is 8.47. The molecule has 0 aliphatic rings. The second-order valence-corrected chi connectivity index (χ2v) is 3.98. The predicted molar refractivity (Wildman–Crippen MR) is 64.5 cm³/mol. The maximum Gasteiger partial charge on any atom is 0.274 e. The molecule has 0 fully saturated rings. The van der Waals surface area contributed by atoms with Crippen LogP contribution in [0.5, 0.6) is 0 Å². The van der Waals surface area contributed by atoms with Crippen LogP contribution in [0, 0.1) is 6.92 Å². The van der Waals surface area contributed by atoms with Gasteiger partial charge in [-0.3, -0.25) is 20.0 Å². The second-order valence-electron chi connectivity index (χ2n) is 3.98. The number of ketones is 1. The number of Topliss-reactive ketones (excluding diaryl/α,β-unsaturated/α-hetero) is 1. The highest BCUT2D eigenvalue weighted by Crippen LogP contribution is 2.10. The van der Waals surface area contributed by atoms with E-state index in [-0.39, 0.29) is 17.6 Å². The third-order valence-electron chi connectivity index (χ3n) is 2.47. The summed E-state index contributed by atoms with van der Waals surface area (Å²) >= 11 is 0. The summed E-state index contributed by atoms with van der Waals surface area (Å²) < 4.78 is 1.59. The lowest BCUT2D eigenvalue weighted by molar-refractivity contribution is 0.101. The summed E-state index contributed by atoms with van der Waals surface area (Å²) in [6, 6.07) is 1.54. The van der Waals surface area contributed by atoms with E-state index in [0.29, 0.717) is 17.1 Å². The first-order valence-electron chi connectivity index (χ1n) is 5.35. The van der Waals surface area contributed by atoms with Gasteiger partial charge in [-0.2, -0.15) is 4.98 Å². The van der Waals surface area contributed by atoms with Crippen molar-refractivity contribution in [2.75, 3.05) is 5.32 Å². The molecule has 0 aliphatic carbocycles. The van der Waals surface area contributed by atoms with Gasteiger partial charge in [-0.05, 0) is 19.9 Å². The van der Waals surface area contributed by atoms with Gasteiger partial charge < -0.3 is 4.57 Å². The summed E-state index contributed by atoms with van der Waals surface area (Å²) in [5, 5.41) is 8.98. The van der Waals surface area contributed by atoms with Crippen LogP contribution in [0.15, 0.2) is 12.3 Å². The number of hydrogen-bond donors (Lipinski definition) is 2. The largest absolute Gasteiger partial charge is 0.346 e. The minimum atomic E-state index is -0.357. The lowest BCUT2D eigenvalue weighted by Crippen LogP contribution is -2.16. The van der Waals surface area contributed by atoms with E-state index in [1.807, 2.05) is 0 Å². The Labute approximate surface area is 103 Å². The number of nitrogens with zero attached hydrogens (tertiary/aromatic N) is 3. The monoisotopic (exact) mass is 247 g/mol. The Morgan fingerprint density at radius 3 is 2.67 bits per heavy atom. The lowest BCUT2D eigenvalue weighted by Gasteiger charge is -2.01. The predicted octanol–water partition coefficient (Wildman–Crippen LogP) is 0.907. The van der Waals surface area contributed by atoms with Gasteiger partial charge in [0.2, 0.25) is 5.95 Å². The number of carbonyl (C=O) groups excluding carboxylic acids is 2. The lowest BCUT2D eigenvalue weighted by atomic mass is 10.2. The molecular weight excluding hydrogens is 234 g/mol. The van der Waals surface area contributed by atoms with Gasteiger partial charge >= 0.3 is 0 Å². The molecule has 0 saturated carbocycles. The van der Waals surface area contributed by atoms with Crippen molar-refractivity contribution in [1.82, 2.24) is 19.7 Å². The van der Waals surface area contributed by atoms with Crippen LogP contribution >= 0.6 is 0 Å². The average Bonchev–Trinajstić information content (AvgIpc) is 2.85. The van der Waals surface area contributed by atoms with E-state index >= 15 is 0 Å². The van der Waals surface area contributed by atoms with Crippen molar-refractivity contribution >= 4 is 17.6 Å². The first kappa shape index (κ1) is 12.0. The average molecular weight is 247 g/mol. The van der Waals surface area contributed by atoms with Gasteiger partial charge in [0.1, 0.15) is 11.5 Å². The van der Waals surface area contributed by atoms with Gasteiger partial charge in [-0.15, -0.1) is 5.10 Å². The SMILES string of the molecule is CC(=O)c1cc(C(=O)Nc2n[nH]c(C)n2)n(C)c1. The van der Waals surface area contributed by atoms with Crippen molar-refractivity contribution in [3.05, 3.63) is 29.3 Å². The Kier molecular flexibility index (Phi) is 2.97. The highest BCUT2D eigenvalue weighted by Gasteiger charge is 2.15.